The lowest BCUT2D eigenvalue weighted by atomic mass is 9.85. The van der Waals surface area contributed by atoms with Crippen LogP contribution in [0.5, 0.6) is 0 Å². The smallest absolute Gasteiger partial charge is 0.0428 e. The Morgan fingerprint density at radius 3 is 2.06 bits per heavy atom. The Balaban J connectivity index is 0.000000557. The van der Waals surface area contributed by atoms with Crippen LogP contribution in [0, 0.1) is 5.92 Å². The minimum Gasteiger partial charge on any atom is -0.396 e. The fourth-order valence-electron chi connectivity index (χ4n) is 2.58. The Morgan fingerprint density at radius 2 is 1.59 bits per heavy atom. The molecule has 0 spiro atoms. The molecule has 2 heteroatoms. The molecule has 2 nitrogen and oxygen atoms in total. The second-order valence-corrected chi connectivity index (χ2v) is 5.05. The monoisotopic (exact) mass is 243 g/mol. The van der Waals surface area contributed by atoms with E-state index in [-0.39, 0.29) is 0 Å². The van der Waals surface area contributed by atoms with E-state index in [1.807, 2.05) is 6.92 Å². The standard InChI is InChI=1S/C12H25N.C3H8O/c1-3-11-9-7-5-6-8-10-12(11)13-4-2;1-2-3-4/h11-13H,3-10H2,1-2H3;4H,2-3H2,1H3. The summed E-state index contributed by atoms with van der Waals surface area (Å²) in [5.41, 5.74) is 0. The summed E-state index contributed by atoms with van der Waals surface area (Å²) in [7, 11) is 0. The Kier molecular flexibility index (Phi) is 12.3. The Labute approximate surface area is 108 Å². The molecule has 17 heavy (non-hydrogen) atoms. The predicted octanol–water partition coefficient (Wildman–Crippen LogP) is 3.73. The summed E-state index contributed by atoms with van der Waals surface area (Å²) < 4.78 is 0. The van der Waals surface area contributed by atoms with Gasteiger partial charge in [-0.2, -0.15) is 0 Å². The number of hydrogen-bond donors (Lipinski definition) is 2. The van der Waals surface area contributed by atoms with E-state index < -0.39 is 0 Å². The van der Waals surface area contributed by atoms with Crippen LogP contribution < -0.4 is 5.32 Å². The molecule has 2 unspecified atom stereocenters. The summed E-state index contributed by atoms with van der Waals surface area (Å²) in [4.78, 5) is 0. The molecule has 0 saturated heterocycles. The first-order valence-electron chi connectivity index (χ1n) is 7.64. The molecular formula is C15H33NO. The van der Waals surface area contributed by atoms with E-state index in [9.17, 15) is 0 Å². The fraction of sp³-hybridized carbons (Fsp3) is 1.00. The molecule has 0 aromatic rings. The average Bonchev–Trinajstić information content (AvgIpc) is 2.33. The third kappa shape index (κ3) is 8.62. The second kappa shape index (κ2) is 12.4. The minimum atomic E-state index is 0.319. The Bertz CT molecular complexity index is 148. The van der Waals surface area contributed by atoms with Gasteiger partial charge in [0, 0.05) is 12.6 Å². The van der Waals surface area contributed by atoms with Gasteiger partial charge in [0.1, 0.15) is 0 Å². The van der Waals surface area contributed by atoms with Gasteiger partial charge >= 0.3 is 0 Å². The third-order valence-corrected chi connectivity index (χ3v) is 3.62. The summed E-state index contributed by atoms with van der Waals surface area (Å²) in [5, 5.41) is 11.5. The molecule has 0 amide bonds. The first kappa shape index (κ1) is 16.9. The largest absolute Gasteiger partial charge is 0.396 e. The van der Waals surface area contributed by atoms with Crippen molar-refractivity contribution >= 4 is 0 Å². The van der Waals surface area contributed by atoms with Crippen molar-refractivity contribution in [2.24, 2.45) is 5.92 Å². The van der Waals surface area contributed by atoms with Crippen LogP contribution in [0.15, 0.2) is 0 Å². The molecular weight excluding hydrogens is 210 g/mol. The zero-order valence-corrected chi connectivity index (χ0v) is 12.2. The normalized spacial score (nSPS) is 25.4. The van der Waals surface area contributed by atoms with Crippen molar-refractivity contribution in [3.05, 3.63) is 0 Å². The van der Waals surface area contributed by atoms with Gasteiger partial charge in [-0.05, 0) is 31.7 Å². The molecule has 1 aliphatic carbocycles. The maximum absolute atomic E-state index is 7.88. The van der Waals surface area contributed by atoms with E-state index in [2.05, 4.69) is 19.2 Å². The van der Waals surface area contributed by atoms with Gasteiger partial charge in [0.15, 0.2) is 0 Å². The summed E-state index contributed by atoms with van der Waals surface area (Å²) in [6.07, 6.45) is 10.9. The predicted molar refractivity (Wildman–Crippen MR) is 76.3 cm³/mol. The molecule has 0 aromatic heterocycles. The van der Waals surface area contributed by atoms with Gasteiger partial charge in [0.05, 0.1) is 0 Å². The molecule has 104 valence electrons. The molecule has 1 fully saturated rings. The quantitative estimate of drug-likeness (QED) is 0.788. The zero-order chi connectivity index (χ0) is 12.9. The lowest BCUT2D eigenvalue weighted by molar-refractivity contribution is 0.281. The lowest BCUT2D eigenvalue weighted by Gasteiger charge is -2.29. The molecule has 0 radical (unpaired) electrons. The van der Waals surface area contributed by atoms with Crippen molar-refractivity contribution < 1.29 is 5.11 Å². The van der Waals surface area contributed by atoms with Crippen molar-refractivity contribution in [2.45, 2.75) is 78.2 Å². The molecule has 0 aliphatic heterocycles. The molecule has 2 N–H and O–H groups in total. The van der Waals surface area contributed by atoms with Crippen LogP contribution in [0.4, 0.5) is 0 Å². The van der Waals surface area contributed by atoms with E-state index >= 15 is 0 Å². The molecule has 1 rings (SSSR count). The van der Waals surface area contributed by atoms with Crippen molar-refractivity contribution in [1.29, 1.82) is 0 Å². The number of hydrogen-bond acceptors (Lipinski definition) is 2. The maximum Gasteiger partial charge on any atom is 0.0428 e. The Morgan fingerprint density at radius 1 is 1.00 bits per heavy atom. The summed E-state index contributed by atoms with van der Waals surface area (Å²) in [6.45, 7) is 7.96. The summed E-state index contributed by atoms with van der Waals surface area (Å²) >= 11 is 0. The van der Waals surface area contributed by atoms with Crippen molar-refractivity contribution in [3.8, 4) is 0 Å². The summed E-state index contributed by atoms with van der Waals surface area (Å²) in [6, 6.07) is 0.815. The molecule has 2 atom stereocenters. The van der Waals surface area contributed by atoms with Crippen LogP contribution in [-0.4, -0.2) is 24.3 Å². The molecule has 1 saturated carbocycles. The number of nitrogens with one attached hydrogen (secondary N) is 1. The van der Waals surface area contributed by atoms with Crippen molar-refractivity contribution in [2.75, 3.05) is 13.2 Å². The van der Waals surface area contributed by atoms with E-state index in [0.29, 0.717) is 6.61 Å². The van der Waals surface area contributed by atoms with Gasteiger partial charge in [-0.15, -0.1) is 0 Å². The van der Waals surface area contributed by atoms with Crippen LogP contribution in [-0.2, 0) is 0 Å². The van der Waals surface area contributed by atoms with E-state index in [0.717, 1.165) is 24.9 Å². The first-order chi connectivity index (χ1) is 8.29. The Hall–Kier alpha value is -0.0800. The van der Waals surface area contributed by atoms with Gasteiger partial charge in [-0.1, -0.05) is 52.9 Å². The van der Waals surface area contributed by atoms with Gasteiger partial charge in [-0.3, -0.25) is 0 Å². The van der Waals surface area contributed by atoms with Gasteiger partial charge < -0.3 is 10.4 Å². The van der Waals surface area contributed by atoms with E-state index in [1.165, 1.54) is 44.9 Å². The van der Waals surface area contributed by atoms with E-state index in [4.69, 9.17) is 5.11 Å². The second-order valence-electron chi connectivity index (χ2n) is 5.05. The highest BCUT2D eigenvalue weighted by atomic mass is 16.2. The van der Waals surface area contributed by atoms with Gasteiger partial charge in [0.2, 0.25) is 0 Å². The number of aliphatic hydroxyl groups is 1. The molecule has 0 heterocycles. The van der Waals surface area contributed by atoms with Crippen LogP contribution in [0.2, 0.25) is 0 Å². The lowest BCUT2D eigenvalue weighted by Crippen LogP contribution is -2.36. The maximum atomic E-state index is 7.88. The van der Waals surface area contributed by atoms with Crippen LogP contribution in [0.25, 0.3) is 0 Å². The highest BCUT2D eigenvalue weighted by molar-refractivity contribution is 4.77. The van der Waals surface area contributed by atoms with Crippen LogP contribution in [0.1, 0.15) is 72.1 Å². The molecule has 0 bridgehead atoms. The number of aliphatic hydroxyl groups excluding tert-OH is 1. The average molecular weight is 243 g/mol. The van der Waals surface area contributed by atoms with Crippen LogP contribution >= 0.6 is 0 Å². The fourth-order valence-corrected chi connectivity index (χ4v) is 2.58. The first-order valence-corrected chi connectivity index (χ1v) is 7.64. The zero-order valence-electron chi connectivity index (χ0n) is 12.2. The van der Waals surface area contributed by atoms with Crippen molar-refractivity contribution in [1.82, 2.24) is 5.32 Å². The van der Waals surface area contributed by atoms with Crippen LogP contribution in [0.3, 0.4) is 0 Å². The number of rotatable bonds is 4. The van der Waals surface area contributed by atoms with Gasteiger partial charge in [0.25, 0.3) is 0 Å². The highest BCUT2D eigenvalue weighted by Crippen LogP contribution is 2.24. The molecule has 0 aromatic carbocycles. The summed E-state index contributed by atoms with van der Waals surface area (Å²) in [5.74, 6) is 0.945. The van der Waals surface area contributed by atoms with Crippen molar-refractivity contribution in [3.63, 3.8) is 0 Å². The SMILES string of the molecule is CCCO.CCNC1CCCCCCC1CC. The van der Waals surface area contributed by atoms with E-state index in [1.54, 1.807) is 0 Å². The highest BCUT2D eigenvalue weighted by Gasteiger charge is 2.19. The van der Waals surface area contributed by atoms with Gasteiger partial charge in [-0.25, -0.2) is 0 Å². The topological polar surface area (TPSA) is 32.3 Å². The molecule has 1 aliphatic rings. The minimum absolute atomic E-state index is 0.319. The third-order valence-electron chi connectivity index (χ3n) is 3.62.